The Morgan fingerprint density at radius 1 is 1.11 bits per heavy atom. The number of alkyl halides is 3. The molecule has 0 unspecified atom stereocenters. The van der Waals surface area contributed by atoms with Gasteiger partial charge in [-0.15, -0.1) is 0 Å². The molecule has 1 N–H and O–H groups in total. The number of nitrogens with zero attached hydrogens (tertiary/aromatic N) is 7. The molecule has 0 radical (unpaired) electrons. The number of hydrogen-bond donors (Lipinski definition) is 1. The minimum Gasteiger partial charge on any atom is -0.312 e. The molecule has 1 atom stereocenters. The second kappa shape index (κ2) is 9.72. The van der Waals surface area contributed by atoms with E-state index < -0.39 is 23.5 Å². The average molecular weight is 509 g/mol. The van der Waals surface area contributed by atoms with E-state index in [0.717, 1.165) is 24.0 Å². The Kier molecular flexibility index (Phi) is 6.45. The molecule has 4 aromatic heterocycles. The van der Waals surface area contributed by atoms with Gasteiger partial charge in [-0.2, -0.15) is 23.5 Å². The Hall–Kier alpha value is -4.14. The number of aromatic amines is 1. The van der Waals surface area contributed by atoms with Gasteiger partial charge >= 0.3 is 6.18 Å². The zero-order valence-corrected chi connectivity index (χ0v) is 19.9. The first-order chi connectivity index (χ1) is 17.8. The van der Waals surface area contributed by atoms with Crippen LogP contribution in [0.1, 0.15) is 85.4 Å². The van der Waals surface area contributed by atoms with Crippen LogP contribution in [0.4, 0.5) is 13.2 Å². The summed E-state index contributed by atoms with van der Waals surface area (Å²) in [5, 5.41) is 13.2. The van der Waals surface area contributed by atoms with E-state index in [0.29, 0.717) is 11.5 Å². The van der Waals surface area contributed by atoms with Crippen molar-refractivity contribution in [2.45, 2.75) is 63.1 Å². The van der Waals surface area contributed by atoms with Gasteiger partial charge in [0.05, 0.1) is 12.4 Å². The standard InChI is InChI=1S/C14H9F3N6O.C11H14N2/c1-7(8-2-3-10(19-5-8)14(15,16)17)23-12-11(9(4-18)22-23)13(24)21-6-20-12;1-2-9(3-1)11-12-7-6-10(13-11)8-4-5-8/h2-3,5-7H,1H3,(H,20,21,24);6-9H,1-5H2/t7-;/m0./s1. The molecule has 0 amide bonds. The molecule has 2 saturated carbocycles. The summed E-state index contributed by atoms with van der Waals surface area (Å²) in [5.41, 5.74) is 0.265. The quantitative estimate of drug-likeness (QED) is 0.426. The predicted octanol–water partition coefficient (Wildman–Crippen LogP) is 4.64. The van der Waals surface area contributed by atoms with Crippen molar-refractivity contribution in [3.8, 4) is 6.07 Å². The fourth-order valence-electron chi connectivity index (χ4n) is 4.15. The summed E-state index contributed by atoms with van der Waals surface area (Å²) in [6.45, 7) is 1.65. The largest absolute Gasteiger partial charge is 0.433 e. The van der Waals surface area contributed by atoms with Crippen LogP contribution < -0.4 is 5.56 Å². The van der Waals surface area contributed by atoms with Gasteiger partial charge in [0.1, 0.15) is 23.0 Å². The molecule has 2 aliphatic carbocycles. The van der Waals surface area contributed by atoms with Crippen molar-refractivity contribution < 1.29 is 13.2 Å². The Balaban J connectivity index is 0.000000179. The molecule has 37 heavy (non-hydrogen) atoms. The smallest absolute Gasteiger partial charge is 0.312 e. The number of fused-ring (bicyclic) bond motifs is 1. The number of hydrogen-bond acceptors (Lipinski definition) is 7. The molecular weight excluding hydrogens is 485 g/mol. The zero-order valence-electron chi connectivity index (χ0n) is 19.9. The lowest BCUT2D eigenvalue weighted by Crippen LogP contribution is -2.13. The lowest BCUT2D eigenvalue weighted by atomic mass is 9.85. The van der Waals surface area contributed by atoms with Crippen molar-refractivity contribution in [2.75, 3.05) is 0 Å². The molecule has 12 heteroatoms. The van der Waals surface area contributed by atoms with Crippen LogP contribution in [0.25, 0.3) is 11.0 Å². The molecule has 9 nitrogen and oxygen atoms in total. The Morgan fingerprint density at radius 3 is 2.49 bits per heavy atom. The first-order valence-electron chi connectivity index (χ1n) is 12.0. The Morgan fingerprint density at radius 2 is 1.89 bits per heavy atom. The van der Waals surface area contributed by atoms with Gasteiger partial charge in [0.25, 0.3) is 5.56 Å². The summed E-state index contributed by atoms with van der Waals surface area (Å²) < 4.78 is 39.1. The molecule has 2 fully saturated rings. The summed E-state index contributed by atoms with van der Waals surface area (Å²) in [4.78, 5) is 30.6. The van der Waals surface area contributed by atoms with Crippen LogP contribution in [-0.4, -0.2) is 34.7 Å². The van der Waals surface area contributed by atoms with Gasteiger partial charge in [-0.25, -0.2) is 19.6 Å². The van der Waals surface area contributed by atoms with Crippen molar-refractivity contribution in [1.82, 2.24) is 34.7 Å². The van der Waals surface area contributed by atoms with Crippen LogP contribution in [0.2, 0.25) is 0 Å². The molecule has 0 aliphatic heterocycles. The van der Waals surface area contributed by atoms with E-state index in [1.54, 1.807) is 6.92 Å². The van der Waals surface area contributed by atoms with E-state index in [-0.39, 0.29) is 16.7 Å². The molecule has 6 rings (SSSR count). The van der Waals surface area contributed by atoms with E-state index in [4.69, 9.17) is 5.26 Å². The molecule has 4 aromatic rings. The molecule has 0 bridgehead atoms. The number of pyridine rings is 1. The fraction of sp³-hybridized carbons (Fsp3) is 0.400. The number of nitrogens with one attached hydrogen (secondary N) is 1. The first-order valence-corrected chi connectivity index (χ1v) is 12.0. The lowest BCUT2D eigenvalue weighted by Gasteiger charge is -2.23. The Labute approximate surface area is 209 Å². The van der Waals surface area contributed by atoms with Gasteiger partial charge in [0, 0.05) is 29.9 Å². The van der Waals surface area contributed by atoms with Crippen molar-refractivity contribution in [2.24, 2.45) is 0 Å². The third kappa shape index (κ3) is 5.07. The SMILES string of the molecule is C[C@@H](c1ccc(C(F)(F)F)nc1)n1nc(C#N)c2c(=O)[nH]cnc21.c1cc(C2CC2)nc(C2CCC2)n1. The van der Waals surface area contributed by atoms with Crippen molar-refractivity contribution in [1.29, 1.82) is 5.26 Å². The minimum atomic E-state index is -4.52. The maximum atomic E-state index is 12.6. The van der Waals surface area contributed by atoms with Gasteiger partial charge in [-0.3, -0.25) is 9.78 Å². The van der Waals surface area contributed by atoms with Crippen molar-refractivity contribution in [3.63, 3.8) is 0 Å². The molecule has 190 valence electrons. The van der Waals surface area contributed by atoms with E-state index in [9.17, 15) is 18.0 Å². The number of H-pyrrole nitrogens is 1. The predicted molar refractivity (Wildman–Crippen MR) is 127 cm³/mol. The minimum absolute atomic E-state index is 0.0340. The number of aromatic nitrogens is 7. The highest BCUT2D eigenvalue weighted by Gasteiger charge is 2.32. The highest BCUT2D eigenvalue weighted by atomic mass is 19.4. The van der Waals surface area contributed by atoms with E-state index in [1.807, 2.05) is 12.3 Å². The monoisotopic (exact) mass is 508 g/mol. The summed E-state index contributed by atoms with van der Waals surface area (Å²) in [6, 6.07) is 5.46. The van der Waals surface area contributed by atoms with Crippen molar-refractivity contribution >= 4 is 11.0 Å². The maximum absolute atomic E-state index is 12.6. The second-order valence-electron chi connectivity index (χ2n) is 9.23. The molecule has 2 aliphatic rings. The topological polar surface area (TPSA) is 126 Å². The van der Waals surface area contributed by atoms with Crippen LogP contribution in [0, 0.1) is 11.3 Å². The summed E-state index contributed by atoms with van der Waals surface area (Å²) in [6.07, 6.45) is 6.30. The van der Waals surface area contributed by atoms with Gasteiger partial charge in [0.15, 0.2) is 11.3 Å². The van der Waals surface area contributed by atoms with Gasteiger partial charge in [0.2, 0.25) is 0 Å². The molecule has 0 saturated heterocycles. The van der Waals surface area contributed by atoms with E-state index in [1.165, 1.54) is 54.9 Å². The lowest BCUT2D eigenvalue weighted by molar-refractivity contribution is -0.141. The number of rotatable bonds is 4. The summed E-state index contributed by atoms with van der Waals surface area (Å²) in [5.74, 6) is 2.55. The Bertz CT molecular complexity index is 1510. The fourth-order valence-corrected chi connectivity index (χ4v) is 4.15. The summed E-state index contributed by atoms with van der Waals surface area (Å²) in [7, 11) is 0. The first kappa shape index (κ1) is 24.5. The highest BCUT2D eigenvalue weighted by molar-refractivity contribution is 5.79. The van der Waals surface area contributed by atoms with Crippen LogP contribution in [0.5, 0.6) is 0 Å². The van der Waals surface area contributed by atoms with Gasteiger partial charge in [-0.1, -0.05) is 12.5 Å². The number of halogens is 3. The van der Waals surface area contributed by atoms with Gasteiger partial charge < -0.3 is 4.98 Å². The van der Waals surface area contributed by atoms with Crippen LogP contribution in [-0.2, 0) is 6.18 Å². The molecule has 0 aromatic carbocycles. The third-order valence-electron chi connectivity index (χ3n) is 6.69. The van der Waals surface area contributed by atoms with Gasteiger partial charge in [-0.05, 0) is 50.3 Å². The van der Waals surface area contributed by atoms with Crippen LogP contribution in [0.3, 0.4) is 0 Å². The van der Waals surface area contributed by atoms with Crippen molar-refractivity contribution in [3.05, 3.63) is 75.7 Å². The highest BCUT2D eigenvalue weighted by Crippen LogP contribution is 2.40. The summed E-state index contributed by atoms with van der Waals surface area (Å²) >= 11 is 0. The normalized spacial score (nSPS) is 16.4. The number of nitriles is 1. The zero-order chi connectivity index (χ0) is 26.2. The average Bonchev–Trinajstić information content (AvgIpc) is 3.63. The molecular formula is C25H23F3N8O. The van der Waals surface area contributed by atoms with E-state index in [2.05, 4.69) is 36.1 Å². The molecule has 4 heterocycles. The van der Waals surface area contributed by atoms with Crippen LogP contribution >= 0.6 is 0 Å². The third-order valence-corrected chi connectivity index (χ3v) is 6.69. The maximum Gasteiger partial charge on any atom is 0.433 e. The van der Waals surface area contributed by atoms with E-state index >= 15 is 0 Å². The van der Waals surface area contributed by atoms with Crippen LogP contribution in [0.15, 0.2) is 41.7 Å². The molecule has 0 spiro atoms. The second-order valence-corrected chi connectivity index (χ2v) is 9.23.